The fourth-order valence-electron chi connectivity index (χ4n) is 2.23. The Morgan fingerprint density at radius 3 is 2.48 bits per heavy atom. The molecule has 0 fully saturated rings. The van der Waals surface area contributed by atoms with Gasteiger partial charge in [-0.1, -0.05) is 0 Å². The fourth-order valence-corrected chi connectivity index (χ4v) is 2.23. The molecule has 2 aromatic carbocycles. The van der Waals surface area contributed by atoms with Gasteiger partial charge in [-0.05, 0) is 30.3 Å². The lowest BCUT2D eigenvalue weighted by Crippen LogP contribution is -2.26. The van der Waals surface area contributed by atoms with Crippen LogP contribution in [0, 0.1) is 10.1 Å². The van der Waals surface area contributed by atoms with E-state index in [1.807, 2.05) is 0 Å². The Labute approximate surface area is 141 Å². The van der Waals surface area contributed by atoms with Crippen LogP contribution in [0.2, 0.25) is 0 Å². The van der Waals surface area contributed by atoms with Gasteiger partial charge in [0.1, 0.15) is 5.82 Å². The normalized spacial score (nSPS) is 11.4. The van der Waals surface area contributed by atoms with Crippen molar-refractivity contribution in [2.24, 2.45) is 27.2 Å². The number of aliphatic imine (C=N–C) groups is 2. The van der Waals surface area contributed by atoms with Crippen LogP contribution in [-0.4, -0.2) is 26.8 Å². The Hall–Kier alpha value is -3.95. The Bertz CT molecular complexity index is 1000. The van der Waals surface area contributed by atoms with Crippen molar-refractivity contribution in [3.8, 4) is 11.4 Å². The summed E-state index contributed by atoms with van der Waals surface area (Å²) in [6.45, 7) is 0. The monoisotopic (exact) mass is 338 g/mol. The molecule has 0 atom stereocenters. The molecule has 0 saturated heterocycles. The van der Waals surface area contributed by atoms with Gasteiger partial charge in [0.25, 0.3) is 5.69 Å². The molecule has 0 spiro atoms. The van der Waals surface area contributed by atoms with E-state index in [9.17, 15) is 10.1 Å². The molecule has 3 aromatic rings. The summed E-state index contributed by atoms with van der Waals surface area (Å²) in [5.41, 5.74) is 18.6. The summed E-state index contributed by atoms with van der Waals surface area (Å²) in [4.78, 5) is 25.5. The Kier molecular flexibility index (Phi) is 4.00. The molecule has 126 valence electrons. The summed E-state index contributed by atoms with van der Waals surface area (Å²) in [7, 11) is 0. The van der Waals surface area contributed by atoms with Gasteiger partial charge in [0.15, 0.2) is 5.96 Å². The number of nitrogens with two attached hydrogens (primary N) is 3. The molecule has 0 saturated carbocycles. The molecule has 25 heavy (non-hydrogen) atoms. The number of hydrogen-bond acceptors (Lipinski definition) is 4. The van der Waals surface area contributed by atoms with Crippen LogP contribution in [0.4, 0.5) is 11.4 Å². The number of hydrogen-bond donors (Lipinski definition) is 4. The van der Waals surface area contributed by atoms with Gasteiger partial charge in [0.05, 0.1) is 21.6 Å². The van der Waals surface area contributed by atoms with Crippen molar-refractivity contribution in [1.29, 1.82) is 0 Å². The van der Waals surface area contributed by atoms with E-state index >= 15 is 0 Å². The van der Waals surface area contributed by atoms with Crippen molar-refractivity contribution in [2.75, 3.05) is 0 Å². The Morgan fingerprint density at radius 1 is 1.12 bits per heavy atom. The molecule has 0 bridgehead atoms. The summed E-state index contributed by atoms with van der Waals surface area (Å²) in [6.07, 6.45) is 0. The maximum atomic E-state index is 10.8. The zero-order valence-corrected chi connectivity index (χ0v) is 12.9. The lowest BCUT2D eigenvalue weighted by molar-refractivity contribution is -0.384. The van der Waals surface area contributed by atoms with Gasteiger partial charge in [-0.3, -0.25) is 10.1 Å². The summed E-state index contributed by atoms with van der Waals surface area (Å²) in [6, 6.07) is 11.5. The molecule has 3 rings (SSSR count). The van der Waals surface area contributed by atoms with E-state index in [0.717, 1.165) is 5.56 Å². The van der Waals surface area contributed by atoms with Crippen LogP contribution in [0.1, 0.15) is 0 Å². The third kappa shape index (κ3) is 3.52. The molecule has 0 unspecified atom stereocenters. The van der Waals surface area contributed by atoms with Crippen LogP contribution in [0.25, 0.3) is 22.4 Å². The van der Waals surface area contributed by atoms with Crippen LogP contribution in [-0.2, 0) is 0 Å². The number of nitro groups is 1. The SMILES string of the molecule is NC(N)=NC(N)=Nc1ccc(-c2nc3ccc([N+](=O)[O-])cc3[nH]2)cc1. The number of imidazole rings is 1. The van der Waals surface area contributed by atoms with E-state index in [0.29, 0.717) is 22.5 Å². The Morgan fingerprint density at radius 2 is 1.84 bits per heavy atom. The number of nitrogens with zero attached hydrogens (tertiary/aromatic N) is 4. The molecular weight excluding hydrogens is 324 g/mol. The molecule has 7 N–H and O–H groups in total. The van der Waals surface area contributed by atoms with Gasteiger partial charge in [-0.2, -0.15) is 4.99 Å². The lowest BCUT2D eigenvalue weighted by atomic mass is 10.2. The second-order valence-electron chi connectivity index (χ2n) is 5.10. The van der Waals surface area contributed by atoms with Crippen molar-refractivity contribution >= 4 is 34.3 Å². The molecule has 0 aliphatic heterocycles. The van der Waals surface area contributed by atoms with Crippen LogP contribution in [0.15, 0.2) is 52.4 Å². The predicted molar refractivity (Wildman–Crippen MR) is 95.3 cm³/mol. The van der Waals surface area contributed by atoms with E-state index in [-0.39, 0.29) is 17.6 Å². The minimum atomic E-state index is -0.451. The fraction of sp³-hybridized carbons (Fsp3) is 0. The first-order valence-electron chi connectivity index (χ1n) is 7.11. The number of non-ortho nitro benzene ring substituents is 1. The second kappa shape index (κ2) is 6.28. The van der Waals surface area contributed by atoms with E-state index in [4.69, 9.17) is 17.2 Å². The quantitative estimate of drug-likeness (QED) is 0.242. The number of guanidine groups is 2. The van der Waals surface area contributed by atoms with Crippen LogP contribution in [0.3, 0.4) is 0 Å². The number of H-pyrrole nitrogens is 1. The van der Waals surface area contributed by atoms with Crippen molar-refractivity contribution in [2.45, 2.75) is 0 Å². The van der Waals surface area contributed by atoms with Crippen molar-refractivity contribution in [3.05, 3.63) is 52.6 Å². The van der Waals surface area contributed by atoms with Crippen molar-refractivity contribution in [1.82, 2.24) is 9.97 Å². The molecule has 1 heterocycles. The van der Waals surface area contributed by atoms with Gasteiger partial charge < -0.3 is 22.2 Å². The van der Waals surface area contributed by atoms with Gasteiger partial charge in [-0.15, -0.1) is 0 Å². The smallest absolute Gasteiger partial charge is 0.271 e. The first kappa shape index (κ1) is 15.9. The second-order valence-corrected chi connectivity index (χ2v) is 5.10. The molecule has 10 heteroatoms. The van der Waals surface area contributed by atoms with Crippen molar-refractivity contribution < 1.29 is 4.92 Å². The zero-order valence-electron chi connectivity index (χ0n) is 12.9. The molecule has 0 aliphatic carbocycles. The topological polar surface area (TPSA) is 175 Å². The van der Waals surface area contributed by atoms with Gasteiger partial charge >= 0.3 is 0 Å². The molecule has 10 nitrogen and oxygen atoms in total. The van der Waals surface area contributed by atoms with E-state index < -0.39 is 4.92 Å². The maximum absolute atomic E-state index is 10.8. The minimum Gasteiger partial charge on any atom is -0.370 e. The third-order valence-corrected chi connectivity index (χ3v) is 3.30. The van der Waals surface area contributed by atoms with Gasteiger partial charge in [0.2, 0.25) is 5.96 Å². The predicted octanol–water partition coefficient (Wildman–Crippen LogP) is 1.36. The number of aromatic nitrogens is 2. The van der Waals surface area contributed by atoms with Crippen LogP contribution >= 0.6 is 0 Å². The molecule has 1 aromatic heterocycles. The highest BCUT2D eigenvalue weighted by atomic mass is 16.6. The van der Waals surface area contributed by atoms with Crippen molar-refractivity contribution in [3.63, 3.8) is 0 Å². The maximum Gasteiger partial charge on any atom is 0.271 e. The highest BCUT2D eigenvalue weighted by Crippen LogP contribution is 2.25. The number of fused-ring (bicyclic) bond motifs is 1. The third-order valence-electron chi connectivity index (χ3n) is 3.30. The number of nitrogens with one attached hydrogen (secondary N) is 1. The molecule has 0 amide bonds. The standard InChI is InChI=1S/C15H14N8O2/c16-14(17)22-15(18)19-9-3-1-8(2-4-9)13-20-11-6-5-10(23(24)25)7-12(11)21-13/h1-7H,(H,20,21)(H6,16,17,18,19,22). The first-order chi connectivity index (χ1) is 11.9. The molecule has 0 aliphatic rings. The van der Waals surface area contributed by atoms with Gasteiger partial charge in [0, 0.05) is 17.7 Å². The number of nitro benzene ring substituents is 1. The summed E-state index contributed by atoms with van der Waals surface area (Å²) < 4.78 is 0. The Balaban J connectivity index is 1.91. The average Bonchev–Trinajstić information content (AvgIpc) is 2.97. The van der Waals surface area contributed by atoms with E-state index in [1.165, 1.54) is 12.1 Å². The highest BCUT2D eigenvalue weighted by Gasteiger charge is 2.10. The van der Waals surface area contributed by atoms with E-state index in [2.05, 4.69) is 20.0 Å². The summed E-state index contributed by atoms with van der Waals surface area (Å²) >= 11 is 0. The largest absolute Gasteiger partial charge is 0.370 e. The first-order valence-corrected chi connectivity index (χ1v) is 7.11. The lowest BCUT2D eigenvalue weighted by Gasteiger charge is -1.99. The summed E-state index contributed by atoms with van der Waals surface area (Å²) in [5.74, 6) is 0.362. The van der Waals surface area contributed by atoms with Crippen LogP contribution < -0.4 is 17.2 Å². The minimum absolute atomic E-state index is 0.00240. The van der Waals surface area contributed by atoms with Crippen LogP contribution in [0.5, 0.6) is 0 Å². The number of benzene rings is 2. The number of rotatable bonds is 3. The molecular formula is C15H14N8O2. The number of aromatic amines is 1. The van der Waals surface area contributed by atoms with E-state index in [1.54, 1.807) is 30.3 Å². The molecule has 0 radical (unpaired) electrons. The average molecular weight is 338 g/mol. The highest BCUT2D eigenvalue weighted by molar-refractivity contribution is 5.93. The summed E-state index contributed by atoms with van der Waals surface area (Å²) in [5, 5.41) is 10.8. The van der Waals surface area contributed by atoms with Gasteiger partial charge in [-0.25, -0.2) is 9.98 Å². The zero-order chi connectivity index (χ0) is 18.0.